The highest BCUT2D eigenvalue weighted by Gasteiger charge is 2.11. The monoisotopic (exact) mass is 320 g/mol. The molecule has 0 aliphatic heterocycles. The number of rotatable bonds is 4. The number of benzene rings is 1. The highest BCUT2D eigenvalue weighted by atomic mass is 79.9. The first-order chi connectivity index (χ1) is 7.54. The maximum absolute atomic E-state index is 11.7. The average molecular weight is 322 g/mol. The quantitative estimate of drug-likeness (QED) is 0.895. The number of carbonyl (C=O) groups excluding carboxylic acids is 1. The maximum atomic E-state index is 11.7. The lowest BCUT2D eigenvalue weighted by Gasteiger charge is -2.12. The van der Waals surface area contributed by atoms with Crippen LogP contribution in [0.2, 0.25) is 0 Å². The molecule has 0 fully saturated rings. The van der Waals surface area contributed by atoms with Crippen molar-refractivity contribution < 1.29 is 4.79 Å². The van der Waals surface area contributed by atoms with Gasteiger partial charge in [0.05, 0.1) is 0 Å². The molecule has 1 rings (SSSR count). The van der Waals surface area contributed by atoms with E-state index >= 15 is 0 Å². The van der Waals surface area contributed by atoms with Crippen LogP contribution in [0.15, 0.2) is 22.7 Å². The molecule has 0 radical (unpaired) electrons. The summed E-state index contributed by atoms with van der Waals surface area (Å²) in [4.78, 5) is 11.7. The summed E-state index contributed by atoms with van der Waals surface area (Å²) in [5.41, 5.74) is 1.95. The van der Waals surface area contributed by atoms with Gasteiger partial charge in [-0.05, 0) is 37.7 Å². The van der Waals surface area contributed by atoms with Gasteiger partial charge >= 0.3 is 0 Å². The summed E-state index contributed by atoms with van der Waals surface area (Å²) in [6.45, 7) is 4.58. The number of amides is 1. The van der Waals surface area contributed by atoms with Crippen LogP contribution >= 0.6 is 28.3 Å². The van der Waals surface area contributed by atoms with Gasteiger partial charge in [0.2, 0.25) is 5.91 Å². The second-order valence-electron chi connectivity index (χ2n) is 3.91. The van der Waals surface area contributed by atoms with Crippen molar-refractivity contribution in [2.45, 2.75) is 13.8 Å². The molecule has 1 aromatic carbocycles. The normalized spacial score (nSPS) is 11.5. The lowest BCUT2D eigenvalue weighted by Crippen LogP contribution is -2.28. The molecule has 0 saturated heterocycles. The van der Waals surface area contributed by atoms with E-state index in [4.69, 9.17) is 0 Å². The molecule has 96 valence electrons. The number of aryl methyl sites for hydroxylation is 1. The lowest BCUT2D eigenvalue weighted by molar-refractivity contribution is -0.119. The third-order valence-corrected chi connectivity index (χ3v) is 3.27. The zero-order chi connectivity index (χ0) is 12.1. The lowest BCUT2D eigenvalue weighted by atomic mass is 10.1. The van der Waals surface area contributed by atoms with E-state index in [-0.39, 0.29) is 24.2 Å². The Morgan fingerprint density at radius 2 is 2.12 bits per heavy atom. The van der Waals surface area contributed by atoms with Crippen molar-refractivity contribution >= 4 is 39.9 Å². The SMILES string of the molecule is CNCC(C)C(=O)Nc1ccc(Br)c(C)c1.Cl. The van der Waals surface area contributed by atoms with Gasteiger partial charge in [-0.15, -0.1) is 12.4 Å². The first kappa shape index (κ1) is 16.4. The summed E-state index contributed by atoms with van der Waals surface area (Å²) in [5, 5.41) is 5.88. The van der Waals surface area contributed by atoms with Crippen LogP contribution in [0.1, 0.15) is 12.5 Å². The minimum absolute atomic E-state index is 0. The van der Waals surface area contributed by atoms with E-state index in [1.165, 1.54) is 0 Å². The summed E-state index contributed by atoms with van der Waals surface area (Å²) < 4.78 is 1.05. The van der Waals surface area contributed by atoms with Crippen LogP contribution in [-0.4, -0.2) is 19.5 Å². The van der Waals surface area contributed by atoms with Gasteiger partial charge in [-0.25, -0.2) is 0 Å². The highest BCUT2D eigenvalue weighted by Crippen LogP contribution is 2.20. The van der Waals surface area contributed by atoms with Gasteiger partial charge in [0.1, 0.15) is 0 Å². The average Bonchev–Trinajstić information content (AvgIpc) is 2.24. The van der Waals surface area contributed by atoms with Gasteiger partial charge in [0, 0.05) is 22.6 Å². The van der Waals surface area contributed by atoms with E-state index in [0.717, 1.165) is 15.7 Å². The summed E-state index contributed by atoms with van der Waals surface area (Å²) in [6.07, 6.45) is 0. The Kier molecular flexibility index (Phi) is 7.43. The van der Waals surface area contributed by atoms with E-state index in [9.17, 15) is 4.79 Å². The summed E-state index contributed by atoms with van der Waals surface area (Å²) in [6, 6.07) is 5.78. The van der Waals surface area contributed by atoms with E-state index in [2.05, 4.69) is 26.6 Å². The Morgan fingerprint density at radius 3 is 2.65 bits per heavy atom. The largest absolute Gasteiger partial charge is 0.326 e. The first-order valence-electron chi connectivity index (χ1n) is 5.26. The smallest absolute Gasteiger partial charge is 0.228 e. The predicted octanol–water partition coefficient (Wildman–Crippen LogP) is 2.97. The van der Waals surface area contributed by atoms with Gasteiger partial charge in [-0.2, -0.15) is 0 Å². The molecule has 0 heterocycles. The van der Waals surface area contributed by atoms with Crippen molar-refractivity contribution in [3.05, 3.63) is 28.2 Å². The van der Waals surface area contributed by atoms with Gasteiger partial charge in [-0.3, -0.25) is 4.79 Å². The first-order valence-corrected chi connectivity index (χ1v) is 6.05. The third-order valence-electron chi connectivity index (χ3n) is 2.38. The molecule has 1 unspecified atom stereocenters. The van der Waals surface area contributed by atoms with Gasteiger partial charge in [-0.1, -0.05) is 22.9 Å². The Hall–Kier alpha value is -0.580. The topological polar surface area (TPSA) is 41.1 Å². The number of hydrogen-bond acceptors (Lipinski definition) is 2. The van der Waals surface area contributed by atoms with Crippen LogP contribution < -0.4 is 10.6 Å². The van der Waals surface area contributed by atoms with E-state index < -0.39 is 0 Å². The molecule has 1 atom stereocenters. The molecule has 17 heavy (non-hydrogen) atoms. The molecule has 0 aliphatic rings. The van der Waals surface area contributed by atoms with Gasteiger partial charge in [0.15, 0.2) is 0 Å². The molecule has 2 N–H and O–H groups in total. The molecule has 5 heteroatoms. The van der Waals surface area contributed by atoms with Crippen LogP contribution in [0.3, 0.4) is 0 Å². The number of halogens is 2. The van der Waals surface area contributed by atoms with Crippen molar-refractivity contribution in [1.29, 1.82) is 0 Å². The van der Waals surface area contributed by atoms with Gasteiger partial charge in [0.25, 0.3) is 0 Å². The van der Waals surface area contributed by atoms with Gasteiger partial charge < -0.3 is 10.6 Å². The third kappa shape index (κ3) is 5.06. The fourth-order valence-corrected chi connectivity index (χ4v) is 1.63. The fourth-order valence-electron chi connectivity index (χ4n) is 1.39. The van der Waals surface area contributed by atoms with Crippen molar-refractivity contribution in [2.24, 2.45) is 5.92 Å². The zero-order valence-corrected chi connectivity index (χ0v) is 12.6. The molecule has 3 nitrogen and oxygen atoms in total. The van der Waals surface area contributed by atoms with Crippen LogP contribution in [-0.2, 0) is 4.79 Å². The number of nitrogens with one attached hydrogen (secondary N) is 2. The minimum atomic E-state index is -0.0334. The van der Waals surface area contributed by atoms with Crippen molar-refractivity contribution in [2.75, 3.05) is 18.9 Å². The van der Waals surface area contributed by atoms with Crippen LogP contribution in [0.25, 0.3) is 0 Å². The fraction of sp³-hybridized carbons (Fsp3) is 0.417. The molecule has 0 aromatic heterocycles. The van der Waals surface area contributed by atoms with Crippen molar-refractivity contribution in [3.8, 4) is 0 Å². The van der Waals surface area contributed by atoms with E-state index in [0.29, 0.717) is 6.54 Å². The second-order valence-corrected chi connectivity index (χ2v) is 4.77. The second kappa shape index (κ2) is 7.69. The summed E-state index contributed by atoms with van der Waals surface area (Å²) in [7, 11) is 1.84. The maximum Gasteiger partial charge on any atom is 0.228 e. The molecule has 1 amide bonds. The van der Waals surface area contributed by atoms with Crippen LogP contribution in [0.5, 0.6) is 0 Å². The van der Waals surface area contributed by atoms with E-state index in [1.807, 2.05) is 39.1 Å². The Morgan fingerprint density at radius 1 is 1.47 bits per heavy atom. The molecule has 0 bridgehead atoms. The standard InChI is InChI=1S/C12H17BrN2O.ClH/c1-8-6-10(4-5-11(8)13)15-12(16)9(2)7-14-3;/h4-6,9,14H,7H2,1-3H3,(H,15,16);1H. The zero-order valence-electron chi connectivity index (χ0n) is 10.2. The Labute approximate surface area is 117 Å². The highest BCUT2D eigenvalue weighted by molar-refractivity contribution is 9.10. The number of hydrogen-bond donors (Lipinski definition) is 2. The molecule has 1 aromatic rings. The molecular weight excluding hydrogens is 304 g/mol. The van der Waals surface area contributed by atoms with Crippen molar-refractivity contribution in [3.63, 3.8) is 0 Å². The molecular formula is C12H18BrClN2O. The summed E-state index contributed by atoms with van der Waals surface area (Å²) >= 11 is 3.43. The van der Waals surface area contributed by atoms with Crippen LogP contribution in [0, 0.1) is 12.8 Å². The Bertz CT molecular complexity index is 385. The molecule has 0 spiro atoms. The van der Waals surface area contributed by atoms with E-state index in [1.54, 1.807) is 0 Å². The summed E-state index contributed by atoms with van der Waals surface area (Å²) in [5.74, 6) is 0.00465. The van der Waals surface area contributed by atoms with Crippen LogP contribution in [0.4, 0.5) is 5.69 Å². The Balaban J connectivity index is 0.00000256. The predicted molar refractivity (Wildman–Crippen MR) is 77.8 cm³/mol. The number of anilines is 1. The molecule has 0 saturated carbocycles. The molecule has 0 aliphatic carbocycles. The van der Waals surface area contributed by atoms with Crippen molar-refractivity contribution in [1.82, 2.24) is 5.32 Å². The minimum Gasteiger partial charge on any atom is -0.326 e. The number of carbonyl (C=O) groups is 1.